The number of ether oxygens (including phenoxy) is 2. The molecule has 1 fully saturated rings. The molecule has 0 saturated heterocycles. The molecule has 3 heteroatoms. The van der Waals surface area contributed by atoms with Crippen molar-refractivity contribution in [2.75, 3.05) is 7.11 Å². The maximum absolute atomic E-state index is 12.0. The van der Waals surface area contributed by atoms with Gasteiger partial charge in [-0.15, -0.1) is 0 Å². The summed E-state index contributed by atoms with van der Waals surface area (Å²) in [5.41, 5.74) is 1.79. The summed E-state index contributed by atoms with van der Waals surface area (Å²) in [4.78, 5) is 12.0. The number of rotatable bonds is 4. The van der Waals surface area contributed by atoms with Gasteiger partial charge in [-0.3, -0.25) is 4.79 Å². The zero-order valence-corrected chi connectivity index (χ0v) is 12.2. The van der Waals surface area contributed by atoms with Gasteiger partial charge in [0.25, 0.3) is 0 Å². The summed E-state index contributed by atoms with van der Waals surface area (Å²) < 4.78 is 10.8. The Morgan fingerprint density at radius 1 is 1.32 bits per heavy atom. The highest BCUT2D eigenvalue weighted by Crippen LogP contribution is 2.46. The number of methoxy groups -OCH3 is 1. The van der Waals surface area contributed by atoms with Gasteiger partial charge in [0.15, 0.2) is 0 Å². The van der Waals surface area contributed by atoms with Crippen molar-refractivity contribution in [3.8, 4) is 5.75 Å². The SMILES string of the molecule is COc1cccc(CC(=O)OC(C)(C)C)c1C1CC1. The molecule has 0 amide bonds. The molecule has 19 heavy (non-hydrogen) atoms. The average Bonchev–Trinajstić information content (AvgIpc) is 3.09. The van der Waals surface area contributed by atoms with Crippen molar-refractivity contribution in [2.45, 2.75) is 51.6 Å². The van der Waals surface area contributed by atoms with Crippen molar-refractivity contribution < 1.29 is 14.3 Å². The largest absolute Gasteiger partial charge is 0.496 e. The molecule has 3 nitrogen and oxygen atoms in total. The Hall–Kier alpha value is -1.51. The Labute approximate surface area is 114 Å². The van der Waals surface area contributed by atoms with E-state index >= 15 is 0 Å². The molecule has 1 aliphatic rings. The van der Waals surface area contributed by atoms with Gasteiger partial charge in [-0.2, -0.15) is 0 Å². The Morgan fingerprint density at radius 3 is 2.53 bits per heavy atom. The van der Waals surface area contributed by atoms with E-state index in [1.807, 2.05) is 39.0 Å². The molecule has 2 rings (SSSR count). The Bertz CT molecular complexity index is 467. The van der Waals surface area contributed by atoms with Crippen LogP contribution in [0.15, 0.2) is 18.2 Å². The first kappa shape index (κ1) is 13.9. The quantitative estimate of drug-likeness (QED) is 0.780. The standard InChI is InChI=1S/C16H22O3/c1-16(2,3)19-14(17)10-12-6-5-7-13(18-4)15(12)11-8-9-11/h5-7,11H,8-10H2,1-4H3. The van der Waals surface area contributed by atoms with Crippen LogP contribution < -0.4 is 4.74 Å². The zero-order valence-electron chi connectivity index (χ0n) is 12.2. The summed E-state index contributed by atoms with van der Waals surface area (Å²) in [6.07, 6.45) is 2.68. The number of carbonyl (C=O) groups is 1. The van der Waals surface area contributed by atoms with Crippen molar-refractivity contribution in [3.63, 3.8) is 0 Å². The highest BCUT2D eigenvalue weighted by molar-refractivity contribution is 5.74. The molecule has 1 aromatic carbocycles. The third kappa shape index (κ3) is 3.72. The molecule has 0 aliphatic heterocycles. The fourth-order valence-corrected chi connectivity index (χ4v) is 2.29. The summed E-state index contributed by atoms with van der Waals surface area (Å²) in [6.45, 7) is 5.66. The van der Waals surface area contributed by atoms with Crippen LogP contribution in [-0.2, 0) is 16.0 Å². The summed E-state index contributed by atoms with van der Waals surface area (Å²) in [7, 11) is 1.68. The number of benzene rings is 1. The second kappa shape index (κ2) is 5.24. The summed E-state index contributed by atoms with van der Waals surface area (Å²) >= 11 is 0. The van der Waals surface area contributed by atoms with E-state index in [1.54, 1.807) is 7.11 Å². The molecule has 0 heterocycles. The molecular formula is C16H22O3. The van der Waals surface area contributed by atoms with Crippen LogP contribution in [0.3, 0.4) is 0 Å². The number of carbonyl (C=O) groups excluding carboxylic acids is 1. The predicted octanol–water partition coefficient (Wildman–Crippen LogP) is 3.46. The van der Waals surface area contributed by atoms with Crippen molar-refractivity contribution >= 4 is 5.97 Å². The van der Waals surface area contributed by atoms with Gasteiger partial charge in [-0.05, 0) is 51.2 Å². The maximum atomic E-state index is 12.0. The van der Waals surface area contributed by atoms with Crippen LogP contribution in [0.5, 0.6) is 5.75 Å². The Kier molecular flexibility index (Phi) is 3.83. The molecule has 0 aromatic heterocycles. The monoisotopic (exact) mass is 262 g/mol. The van der Waals surface area contributed by atoms with Gasteiger partial charge in [0.1, 0.15) is 11.4 Å². The molecule has 0 radical (unpaired) electrons. The number of esters is 1. The van der Waals surface area contributed by atoms with Gasteiger partial charge in [0.05, 0.1) is 13.5 Å². The molecule has 1 saturated carbocycles. The first-order valence-electron chi connectivity index (χ1n) is 6.78. The summed E-state index contributed by atoms with van der Waals surface area (Å²) in [5.74, 6) is 1.26. The number of hydrogen-bond donors (Lipinski definition) is 0. The normalized spacial score (nSPS) is 15.2. The molecule has 1 aliphatic carbocycles. The highest BCUT2D eigenvalue weighted by atomic mass is 16.6. The number of hydrogen-bond acceptors (Lipinski definition) is 3. The van der Waals surface area contributed by atoms with Crippen LogP contribution in [0.2, 0.25) is 0 Å². The second-order valence-electron chi connectivity index (χ2n) is 6.07. The fourth-order valence-electron chi connectivity index (χ4n) is 2.29. The molecule has 0 unspecified atom stereocenters. The van der Waals surface area contributed by atoms with Crippen LogP contribution >= 0.6 is 0 Å². The minimum Gasteiger partial charge on any atom is -0.496 e. The third-order valence-electron chi connectivity index (χ3n) is 3.12. The van der Waals surface area contributed by atoms with E-state index < -0.39 is 5.60 Å². The minimum atomic E-state index is -0.435. The first-order valence-corrected chi connectivity index (χ1v) is 6.78. The Balaban J connectivity index is 2.18. The molecule has 0 spiro atoms. The molecule has 0 atom stereocenters. The molecule has 104 valence electrons. The zero-order chi connectivity index (χ0) is 14.0. The van der Waals surface area contributed by atoms with E-state index in [4.69, 9.17) is 9.47 Å². The lowest BCUT2D eigenvalue weighted by molar-refractivity contribution is -0.153. The summed E-state index contributed by atoms with van der Waals surface area (Å²) in [5, 5.41) is 0. The van der Waals surface area contributed by atoms with Crippen LogP contribution in [0.4, 0.5) is 0 Å². The Morgan fingerprint density at radius 2 is 2.00 bits per heavy atom. The van der Waals surface area contributed by atoms with Crippen molar-refractivity contribution in [3.05, 3.63) is 29.3 Å². The van der Waals surface area contributed by atoms with Crippen molar-refractivity contribution in [2.24, 2.45) is 0 Å². The van der Waals surface area contributed by atoms with E-state index in [9.17, 15) is 4.79 Å². The van der Waals surface area contributed by atoms with E-state index in [0.29, 0.717) is 12.3 Å². The van der Waals surface area contributed by atoms with Crippen molar-refractivity contribution in [1.82, 2.24) is 0 Å². The van der Waals surface area contributed by atoms with E-state index in [1.165, 1.54) is 18.4 Å². The van der Waals surface area contributed by atoms with Gasteiger partial charge in [0.2, 0.25) is 0 Å². The molecule has 0 N–H and O–H groups in total. The van der Waals surface area contributed by atoms with Gasteiger partial charge >= 0.3 is 5.97 Å². The van der Waals surface area contributed by atoms with Crippen molar-refractivity contribution in [1.29, 1.82) is 0 Å². The lowest BCUT2D eigenvalue weighted by Crippen LogP contribution is -2.25. The fraction of sp³-hybridized carbons (Fsp3) is 0.562. The minimum absolute atomic E-state index is 0.178. The summed E-state index contributed by atoms with van der Waals surface area (Å²) in [6, 6.07) is 5.90. The van der Waals surface area contributed by atoms with E-state index in [2.05, 4.69) is 0 Å². The third-order valence-corrected chi connectivity index (χ3v) is 3.12. The first-order chi connectivity index (χ1) is 8.90. The van der Waals surface area contributed by atoms with Gasteiger partial charge < -0.3 is 9.47 Å². The van der Waals surface area contributed by atoms with Gasteiger partial charge in [0, 0.05) is 5.56 Å². The average molecular weight is 262 g/mol. The molecule has 1 aromatic rings. The topological polar surface area (TPSA) is 35.5 Å². The molecule has 0 bridgehead atoms. The van der Waals surface area contributed by atoms with E-state index in [-0.39, 0.29) is 5.97 Å². The van der Waals surface area contributed by atoms with Gasteiger partial charge in [-0.25, -0.2) is 0 Å². The predicted molar refractivity (Wildman–Crippen MR) is 74.5 cm³/mol. The lowest BCUT2D eigenvalue weighted by atomic mass is 9.99. The smallest absolute Gasteiger partial charge is 0.310 e. The van der Waals surface area contributed by atoms with Gasteiger partial charge in [-0.1, -0.05) is 12.1 Å². The van der Waals surface area contributed by atoms with Crippen LogP contribution in [0.25, 0.3) is 0 Å². The van der Waals surface area contributed by atoms with Crippen LogP contribution in [0, 0.1) is 0 Å². The maximum Gasteiger partial charge on any atom is 0.310 e. The second-order valence-corrected chi connectivity index (χ2v) is 6.07. The van der Waals surface area contributed by atoms with Crippen LogP contribution in [0.1, 0.15) is 50.7 Å². The van der Waals surface area contributed by atoms with E-state index in [0.717, 1.165) is 11.3 Å². The highest BCUT2D eigenvalue weighted by Gasteiger charge is 2.30. The molecular weight excluding hydrogens is 240 g/mol. The lowest BCUT2D eigenvalue weighted by Gasteiger charge is -2.20. The van der Waals surface area contributed by atoms with Crippen LogP contribution in [-0.4, -0.2) is 18.7 Å².